The van der Waals surface area contributed by atoms with Crippen molar-refractivity contribution in [2.45, 2.75) is 25.3 Å². The third-order valence-electron chi connectivity index (χ3n) is 5.66. The van der Waals surface area contributed by atoms with E-state index in [0.717, 1.165) is 0 Å². The van der Waals surface area contributed by atoms with Crippen molar-refractivity contribution in [1.29, 1.82) is 0 Å². The van der Waals surface area contributed by atoms with Gasteiger partial charge >= 0.3 is 0 Å². The lowest BCUT2D eigenvalue weighted by molar-refractivity contribution is 0.0696. The molecule has 0 radical (unpaired) electrons. The fourth-order valence-electron chi connectivity index (χ4n) is 4.04. The van der Waals surface area contributed by atoms with E-state index in [2.05, 4.69) is 10.3 Å². The monoisotopic (exact) mass is 483 g/mol. The number of hydrogen-bond donors (Lipinski definition) is 1. The summed E-state index contributed by atoms with van der Waals surface area (Å²) in [5.74, 6) is -3.75. The first-order valence-electron chi connectivity index (χ1n) is 10.3. The highest BCUT2D eigenvalue weighted by atomic mass is 35.5. The molecular weight excluding hydrogens is 465 g/mol. The second-order valence-electron chi connectivity index (χ2n) is 7.90. The van der Waals surface area contributed by atoms with Gasteiger partial charge in [-0.05, 0) is 25.0 Å². The van der Waals surface area contributed by atoms with Crippen LogP contribution in [0, 0.1) is 17.5 Å². The van der Waals surface area contributed by atoms with Gasteiger partial charge in [-0.3, -0.25) is 14.7 Å². The predicted molar refractivity (Wildman–Crippen MR) is 115 cm³/mol. The van der Waals surface area contributed by atoms with E-state index in [1.807, 2.05) is 0 Å². The lowest BCUT2D eigenvalue weighted by atomic mass is 9.99. The van der Waals surface area contributed by atoms with Crippen LogP contribution in [-0.4, -0.2) is 47.9 Å². The summed E-state index contributed by atoms with van der Waals surface area (Å²) in [6.45, 7) is 0.595. The molecule has 0 spiro atoms. The van der Waals surface area contributed by atoms with Crippen LogP contribution in [0.1, 0.15) is 23.2 Å². The van der Waals surface area contributed by atoms with Crippen molar-refractivity contribution in [3.05, 3.63) is 64.6 Å². The van der Waals surface area contributed by atoms with Crippen molar-refractivity contribution in [2.75, 3.05) is 19.6 Å². The molecule has 4 rings (SSSR count). The Kier molecular flexibility index (Phi) is 6.81. The van der Waals surface area contributed by atoms with Gasteiger partial charge in [-0.1, -0.05) is 17.7 Å². The van der Waals surface area contributed by atoms with Crippen molar-refractivity contribution in [2.24, 2.45) is 0 Å². The number of hydrogen-bond acceptors (Lipinski definition) is 3. The SMILES string of the molecule is O=C(NC1CCN(CC(F)F)CC1)c1ccc2c(Cl)cnc(-c3c(F)cc(F)cc3F)c2c1. The minimum atomic E-state index is -2.40. The van der Waals surface area contributed by atoms with E-state index in [4.69, 9.17) is 11.6 Å². The molecule has 1 fully saturated rings. The number of nitrogens with one attached hydrogen (secondary N) is 1. The van der Waals surface area contributed by atoms with Crippen molar-refractivity contribution >= 4 is 28.3 Å². The molecular formula is C23H19ClF5N3O. The van der Waals surface area contributed by atoms with E-state index in [1.54, 1.807) is 11.0 Å². The summed E-state index contributed by atoms with van der Waals surface area (Å²) < 4.78 is 67.3. The first-order chi connectivity index (χ1) is 15.7. The Morgan fingerprint density at radius 1 is 1.09 bits per heavy atom. The molecule has 1 aliphatic heterocycles. The van der Waals surface area contributed by atoms with Gasteiger partial charge in [0, 0.05) is 53.8 Å². The van der Waals surface area contributed by atoms with Crippen LogP contribution in [-0.2, 0) is 0 Å². The van der Waals surface area contributed by atoms with Crippen LogP contribution < -0.4 is 5.32 Å². The third kappa shape index (κ3) is 5.09. The molecule has 2 heterocycles. The van der Waals surface area contributed by atoms with Crippen LogP contribution in [0.4, 0.5) is 22.0 Å². The van der Waals surface area contributed by atoms with E-state index < -0.39 is 35.3 Å². The number of benzene rings is 2. The Hall–Kier alpha value is -2.78. The number of amides is 1. The van der Waals surface area contributed by atoms with Crippen LogP contribution in [0.3, 0.4) is 0 Å². The van der Waals surface area contributed by atoms with Crippen molar-refractivity contribution < 1.29 is 26.7 Å². The topological polar surface area (TPSA) is 45.2 Å². The number of carbonyl (C=O) groups excluding carboxylic acids is 1. The Labute approximate surface area is 191 Å². The fraction of sp³-hybridized carbons (Fsp3) is 0.304. The number of carbonyl (C=O) groups is 1. The molecule has 3 aromatic rings. The first-order valence-corrected chi connectivity index (χ1v) is 10.6. The van der Waals surface area contributed by atoms with Gasteiger partial charge in [0.2, 0.25) is 0 Å². The normalized spacial score (nSPS) is 15.4. The molecule has 1 amide bonds. The lowest BCUT2D eigenvalue weighted by Crippen LogP contribution is -2.45. The molecule has 1 aromatic heterocycles. The maximum atomic E-state index is 14.4. The summed E-state index contributed by atoms with van der Waals surface area (Å²) >= 11 is 6.19. The number of piperidine rings is 1. The first kappa shape index (κ1) is 23.4. The number of alkyl halides is 2. The van der Waals surface area contributed by atoms with Crippen LogP contribution in [0.2, 0.25) is 5.02 Å². The molecule has 0 unspecified atom stereocenters. The number of aromatic nitrogens is 1. The van der Waals surface area contributed by atoms with E-state index in [1.165, 1.54) is 18.3 Å². The fourth-order valence-corrected chi connectivity index (χ4v) is 4.25. The lowest BCUT2D eigenvalue weighted by Gasteiger charge is -2.32. The van der Waals surface area contributed by atoms with Crippen LogP contribution >= 0.6 is 11.6 Å². The molecule has 0 atom stereocenters. The molecule has 0 saturated carbocycles. The molecule has 0 bridgehead atoms. The molecule has 1 N–H and O–H groups in total. The van der Waals surface area contributed by atoms with Gasteiger partial charge in [0.05, 0.1) is 22.8 Å². The number of pyridine rings is 1. The van der Waals surface area contributed by atoms with Gasteiger partial charge in [-0.2, -0.15) is 0 Å². The average Bonchev–Trinajstić information content (AvgIpc) is 2.75. The average molecular weight is 484 g/mol. The highest BCUT2D eigenvalue weighted by Crippen LogP contribution is 2.34. The molecule has 1 saturated heterocycles. The Morgan fingerprint density at radius 2 is 1.76 bits per heavy atom. The summed E-state index contributed by atoms with van der Waals surface area (Å²) in [5, 5.41) is 3.74. The number of fused-ring (bicyclic) bond motifs is 1. The summed E-state index contributed by atoms with van der Waals surface area (Å²) in [4.78, 5) is 18.5. The molecule has 4 nitrogen and oxygen atoms in total. The molecule has 10 heteroatoms. The largest absolute Gasteiger partial charge is 0.349 e. The maximum Gasteiger partial charge on any atom is 0.251 e. The molecule has 174 valence electrons. The number of halogens is 6. The minimum absolute atomic E-state index is 0.112. The van der Waals surface area contributed by atoms with Crippen molar-refractivity contribution in [3.63, 3.8) is 0 Å². The minimum Gasteiger partial charge on any atom is -0.349 e. The highest BCUT2D eigenvalue weighted by Gasteiger charge is 2.24. The predicted octanol–water partition coefficient (Wildman–Crippen LogP) is 5.43. The van der Waals surface area contributed by atoms with Crippen molar-refractivity contribution in [1.82, 2.24) is 15.2 Å². The van der Waals surface area contributed by atoms with Gasteiger partial charge in [-0.15, -0.1) is 0 Å². The van der Waals surface area contributed by atoms with Gasteiger partial charge in [-0.25, -0.2) is 22.0 Å². The number of likely N-dealkylation sites (tertiary alicyclic amines) is 1. The summed E-state index contributed by atoms with van der Waals surface area (Å²) in [7, 11) is 0. The van der Waals surface area contributed by atoms with Gasteiger partial charge in [0.25, 0.3) is 12.3 Å². The van der Waals surface area contributed by atoms with E-state index in [-0.39, 0.29) is 34.3 Å². The van der Waals surface area contributed by atoms with Crippen molar-refractivity contribution in [3.8, 4) is 11.3 Å². The standard InChI is InChI=1S/C23H19ClF5N3O/c24-17-10-30-22(21-18(26)8-13(25)9-19(21)27)16-7-12(1-2-15(16)17)23(33)31-14-3-5-32(6-4-14)11-20(28)29/h1-2,7-10,14,20H,3-6,11H2,(H,31,33). The van der Waals surface area contributed by atoms with Crippen LogP contribution in [0.5, 0.6) is 0 Å². The quantitative estimate of drug-likeness (QED) is 0.492. The molecule has 0 aliphatic carbocycles. The number of rotatable bonds is 5. The Morgan fingerprint density at radius 3 is 2.39 bits per heavy atom. The summed E-state index contributed by atoms with van der Waals surface area (Å²) in [5.41, 5.74) is -0.424. The molecule has 33 heavy (non-hydrogen) atoms. The van der Waals surface area contributed by atoms with E-state index in [0.29, 0.717) is 43.5 Å². The summed E-state index contributed by atoms with van der Waals surface area (Å²) in [6.07, 6.45) is -0.124. The number of nitrogens with zero attached hydrogens (tertiary/aromatic N) is 2. The van der Waals surface area contributed by atoms with E-state index >= 15 is 0 Å². The zero-order valence-electron chi connectivity index (χ0n) is 17.2. The van der Waals surface area contributed by atoms with Crippen LogP contribution in [0.25, 0.3) is 22.0 Å². The Balaban J connectivity index is 1.62. The van der Waals surface area contributed by atoms with Crippen LogP contribution in [0.15, 0.2) is 36.5 Å². The zero-order valence-corrected chi connectivity index (χ0v) is 18.0. The van der Waals surface area contributed by atoms with Gasteiger partial charge in [0.15, 0.2) is 0 Å². The maximum absolute atomic E-state index is 14.4. The summed E-state index contributed by atoms with van der Waals surface area (Å²) in [6, 6.07) is 5.41. The van der Waals surface area contributed by atoms with Gasteiger partial charge in [0.1, 0.15) is 17.5 Å². The Bertz CT molecular complexity index is 1180. The second kappa shape index (κ2) is 9.61. The van der Waals surface area contributed by atoms with Gasteiger partial charge < -0.3 is 5.32 Å². The molecule has 1 aliphatic rings. The smallest absolute Gasteiger partial charge is 0.251 e. The molecule has 2 aromatic carbocycles. The third-order valence-corrected chi connectivity index (χ3v) is 5.97. The highest BCUT2D eigenvalue weighted by molar-refractivity contribution is 6.35. The second-order valence-corrected chi connectivity index (χ2v) is 8.31. The van der Waals surface area contributed by atoms with E-state index in [9.17, 15) is 26.7 Å². The zero-order chi connectivity index (χ0) is 23.7.